The van der Waals surface area contributed by atoms with Crippen molar-refractivity contribution in [2.24, 2.45) is 0 Å². The van der Waals surface area contributed by atoms with Gasteiger partial charge in [-0.15, -0.1) is 0 Å². The van der Waals surface area contributed by atoms with Crippen LogP contribution in [0.3, 0.4) is 0 Å². The number of nitrogens with zero attached hydrogens (tertiary/aromatic N) is 2. The molecule has 2 aliphatic heterocycles. The van der Waals surface area contributed by atoms with Crippen LogP contribution in [0.5, 0.6) is 0 Å². The molecule has 3 rings (SSSR count). The van der Waals surface area contributed by atoms with E-state index in [0.717, 1.165) is 10.5 Å². The zero-order valence-electron chi connectivity index (χ0n) is 12.8. The van der Waals surface area contributed by atoms with E-state index in [1.165, 1.54) is 12.1 Å². The Bertz CT molecular complexity index is 614. The molecule has 2 fully saturated rings. The van der Waals surface area contributed by atoms with E-state index in [1.54, 1.807) is 6.07 Å². The second kappa shape index (κ2) is 6.25. The first-order valence-electron chi connectivity index (χ1n) is 7.76. The van der Waals surface area contributed by atoms with E-state index in [4.69, 9.17) is 5.11 Å². The maximum absolute atomic E-state index is 13.2. The van der Waals surface area contributed by atoms with Crippen molar-refractivity contribution >= 4 is 11.9 Å². The minimum atomic E-state index is -0.843. The van der Waals surface area contributed by atoms with Gasteiger partial charge >= 0.3 is 6.03 Å². The SMILES string of the molecule is O=C1NC2(CCN(Cc3cccc(F)c3)CC2)C(=O)N1CCO. The first-order chi connectivity index (χ1) is 11.0. The van der Waals surface area contributed by atoms with Gasteiger partial charge in [0.05, 0.1) is 13.2 Å². The number of carbonyl (C=O) groups excluding carboxylic acids is 2. The van der Waals surface area contributed by atoms with Gasteiger partial charge in [-0.1, -0.05) is 12.1 Å². The van der Waals surface area contributed by atoms with Gasteiger partial charge in [-0.3, -0.25) is 14.6 Å². The topological polar surface area (TPSA) is 72.9 Å². The van der Waals surface area contributed by atoms with E-state index in [0.29, 0.717) is 32.5 Å². The average Bonchev–Trinajstić information content (AvgIpc) is 2.75. The van der Waals surface area contributed by atoms with Gasteiger partial charge in [-0.05, 0) is 30.5 Å². The highest BCUT2D eigenvalue weighted by Gasteiger charge is 2.51. The molecule has 0 radical (unpaired) electrons. The van der Waals surface area contributed by atoms with Gasteiger partial charge in [-0.2, -0.15) is 0 Å². The number of rotatable bonds is 4. The van der Waals surface area contributed by atoms with Crippen molar-refractivity contribution < 1.29 is 19.1 Å². The number of aliphatic hydroxyl groups excluding tert-OH is 1. The Hall–Kier alpha value is -1.99. The minimum absolute atomic E-state index is 0.0272. The Labute approximate surface area is 133 Å². The third-order valence-corrected chi connectivity index (χ3v) is 4.57. The molecule has 2 saturated heterocycles. The molecule has 2 aliphatic rings. The highest BCUT2D eigenvalue weighted by Crippen LogP contribution is 2.30. The fraction of sp³-hybridized carbons (Fsp3) is 0.500. The average molecular weight is 321 g/mol. The maximum Gasteiger partial charge on any atom is 0.325 e. The second-order valence-corrected chi connectivity index (χ2v) is 6.10. The highest BCUT2D eigenvalue weighted by atomic mass is 19.1. The lowest BCUT2D eigenvalue weighted by atomic mass is 9.87. The van der Waals surface area contributed by atoms with Crippen LogP contribution in [0.25, 0.3) is 0 Å². The number of piperidine rings is 1. The van der Waals surface area contributed by atoms with Gasteiger partial charge in [-0.25, -0.2) is 9.18 Å². The van der Waals surface area contributed by atoms with Crippen LogP contribution in [0, 0.1) is 5.82 Å². The number of halogens is 1. The zero-order chi connectivity index (χ0) is 16.4. The summed E-state index contributed by atoms with van der Waals surface area (Å²) in [6.07, 6.45) is 1.05. The summed E-state index contributed by atoms with van der Waals surface area (Å²) in [4.78, 5) is 27.6. The monoisotopic (exact) mass is 321 g/mol. The summed E-state index contributed by atoms with van der Waals surface area (Å²) in [6, 6.07) is 6.05. The molecule has 0 atom stereocenters. The number of nitrogens with one attached hydrogen (secondary N) is 1. The number of imide groups is 1. The number of benzene rings is 1. The van der Waals surface area contributed by atoms with E-state index in [1.807, 2.05) is 6.07 Å². The Morgan fingerprint density at radius 3 is 2.65 bits per heavy atom. The van der Waals surface area contributed by atoms with Gasteiger partial charge in [0.25, 0.3) is 5.91 Å². The van der Waals surface area contributed by atoms with Gasteiger partial charge in [0, 0.05) is 19.6 Å². The van der Waals surface area contributed by atoms with Crippen LogP contribution >= 0.6 is 0 Å². The third kappa shape index (κ3) is 3.07. The van der Waals surface area contributed by atoms with E-state index >= 15 is 0 Å². The summed E-state index contributed by atoms with van der Waals surface area (Å²) in [7, 11) is 0. The highest BCUT2D eigenvalue weighted by molar-refractivity contribution is 6.07. The van der Waals surface area contributed by atoms with Crippen molar-refractivity contribution in [3.05, 3.63) is 35.6 Å². The van der Waals surface area contributed by atoms with E-state index in [-0.39, 0.29) is 24.9 Å². The molecule has 0 bridgehead atoms. The number of carbonyl (C=O) groups is 2. The molecule has 1 aromatic rings. The van der Waals surface area contributed by atoms with Crippen LogP contribution in [-0.4, -0.2) is 58.6 Å². The molecule has 2 N–H and O–H groups in total. The number of hydrogen-bond acceptors (Lipinski definition) is 4. The van der Waals surface area contributed by atoms with E-state index in [9.17, 15) is 14.0 Å². The molecular formula is C16H20FN3O3. The number of amides is 3. The molecule has 7 heteroatoms. The molecule has 124 valence electrons. The van der Waals surface area contributed by atoms with Crippen molar-refractivity contribution in [2.45, 2.75) is 24.9 Å². The van der Waals surface area contributed by atoms with Crippen LogP contribution < -0.4 is 5.32 Å². The van der Waals surface area contributed by atoms with Crippen molar-refractivity contribution in [1.82, 2.24) is 15.1 Å². The van der Waals surface area contributed by atoms with Crippen molar-refractivity contribution in [3.63, 3.8) is 0 Å². The summed E-state index contributed by atoms with van der Waals surface area (Å²) in [5.41, 5.74) is 0.0506. The maximum atomic E-state index is 13.2. The molecule has 3 amide bonds. The van der Waals surface area contributed by atoms with Crippen LogP contribution in [0.15, 0.2) is 24.3 Å². The van der Waals surface area contributed by atoms with Crippen LogP contribution in [-0.2, 0) is 11.3 Å². The minimum Gasteiger partial charge on any atom is -0.395 e. The van der Waals surface area contributed by atoms with E-state index in [2.05, 4.69) is 10.2 Å². The Balaban J connectivity index is 1.62. The molecule has 1 aromatic carbocycles. The van der Waals surface area contributed by atoms with Gasteiger partial charge in [0.2, 0.25) is 0 Å². The van der Waals surface area contributed by atoms with E-state index < -0.39 is 11.6 Å². The standard InChI is InChI=1S/C16H20FN3O3/c17-13-3-1-2-12(10-13)11-19-6-4-16(5-7-19)14(22)20(8-9-21)15(23)18-16/h1-3,10,21H,4-9,11H2,(H,18,23). The molecular weight excluding hydrogens is 301 g/mol. The quantitative estimate of drug-likeness (QED) is 0.801. The molecule has 0 aromatic heterocycles. The summed E-state index contributed by atoms with van der Waals surface area (Å²) < 4.78 is 13.2. The molecule has 23 heavy (non-hydrogen) atoms. The molecule has 2 heterocycles. The lowest BCUT2D eigenvalue weighted by molar-refractivity contribution is -0.133. The predicted octanol–water partition coefficient (Wildman–Crippen LogP) is 0.704. The first kappa shape index (κ1) is 15.9. The van der Waals surface area contributed by atoms with Crippen molar-refractivity contribution in [3.8, 4) is 0 Å². The molecule has 0 aliphatic carbocycles. The van der Waals surface area contributed by atoms with Crippen LogP contribution in [0.2, 0.25) is 0 Å². The molecule has 0 saturated carbocycles. The number of β-amino-alcohol motifs (C(OH)–C–C–N with tert-alkyl or cyclic N) is 1. The van der Waals surface area contributed by atoms with Crippen molar-refractivity contribution in [1.29, 1.82) is 0 Å². The largest absolute Gasteiger partial charge is 0.395 e. The lowest BCUT2D eigenvalue weighted by Gasteiger charge is -2.37. The Kier molecular flexibility index (Phi) is 4.32. The molecule has 1 spiro atoms. The first-order valence-corrected chi connectivity index (χ1v) is 7.76. The number of urea groups is 1. The summed E-state index contributed by atoms with van der Waals surface area (Å²) >= 11 is 0. The van der Waals surface area contributed by atoms with Gasteiger partial charge < -0.3 is 10.4 Å². The Morgan fingerprint density at radius 1 is 1.26 bits per heavy atom. The zero-order valence-corrected chi connectivity index (χ0v) is 12.8. The van der Waals surface area contributed by atoms with Gasteiger partial charge in [0.15, 0.2) is 0 Å². The summed E-state index contributed by atoms with van der Waals surface area (Å²) in [5, 5.41) is 11.8. The smallest absolute Gasteiger partial charge is 0.325 e. The second-order valence-electron chi connectivity index (χ2n) is 6.10. The lowest BCUT2D eigenvalue weighted by Crippen LogP contribution is -2.54. The fourth-order valence-electron chi connectivity index (χ4n) is 3.30. The number of aliphatic hydroxyl groups is 1. The van der Waals surface area contributed by atoms with Crippen LogP contribution in [0.4, 0.5) is 9.18 Å². The third-order valence-electron chi connectivity index (χ3n) is 4.57. The molecule has 0 unspecified atom stereocenters. The predicted molar refractivity (Wildman–Crippen MR) is 81.0 cm³/mol. The Morgan fingerprint density at radius 2 is 2.00 bits per heavy atom. The number of likely N-dealkylation sites (tertiary alicyclic amines) is 1. The summed E-state index contributed by atoms with van der Waals surface area (Å²) in [5.74, 6) is -0.504. The fourth-order valence-corrected chi connectivity index (χ4v) is 3.30. The van der Waals surface area contributed by atoms with Crippen LogP contribution in [0.1, 0.15) is 18.4 Å². The number of hydrogen-bond donors (Lipinski definition) is 2. The summed E-state index contributed by atoms with van der Waals surface area (Å²) in [6.45, 7) is 1.71. The van der Waals surface area contributed by atoms with Gasteiger partial charge in [0.1, 0.15) is 11.4 Å². The van der Waals surface area contributed by atoms with Crippen molar-refractivity contribution in [2.75, 3.05) is 26.2 Å². The molecule has 6 nitrogen and oxygen atoms in total. The normalized spacial score (nSPS) is 21.0.